The van der Waals surface area contributed by atoms with Gasteiger partial charge in [0.15, 0.2) is 4.96 Å². The number of halogens is 2. The van der Waals surface area contributed by atoms with Crippen LogP contribution in [-0.2, 0) is 0 Å². The van der Waals surface area contributed by atoms with Crippen molar-refractivity contribution in [2.24, 2.45) is 0 Å². The lowest BCUT2D eigenvalue weighted by molar-refractivity contribution is 0.201. The Bertz CT molecular complexity index is 328. The van der Waals surface area contributed by atoms with Gasteiger partial charge in [0.2, 0.25) is 0 Å². The zero-order valence-corrected chi connectivity index (χ0v) is 8.97. The van der Waals surface area contributed by atoms with Gasteiger partial charge in [-0.05, 0) is 24.6 Å². The Morgan fingerprint density at radius 3 is 2.79 bits per heavy atom. The number of alkyl halides is 2. The van der Waals surface area contributed by atoms with Crippen molar-refractivity contribution in [1.82, 2.24) is 5.32 Å². The van der Waals surface area contributed by atoms with E-state index in [1.807, 2.05) is 13.0 Å². The number of carbonyl (C=O) groups is 1. The van der Waals surface area contributed by atoms with E-state index in [1.165, 1.54) is 0 Å². The first kappa shape index (κ1) is 11.1. The zero-order valence-electron chi connectivity index (χ0n) is 7.46. The number of rotatable bonds is 2. The van der Waals surface area contributed by atoms with Gasteiger partial charge in [0.25, 0.3) is 0 Å². The molecule has 0 heterocycles. The van der Waals surface area contributed by atoms with Crippen LogP contribution >= 0.6 is 23.2 Å². The first-order valence-electron chi connectivity index (χ1n) is 3.91. The van der Waals surface area contributed by atoms with Gasteiger partial charge in [-0.3, -0.25) is 5.32 Å². The van der Waals surface area contributed by atoms with Gasteiger partial charge in [-0.1, -0.05) is 35.3 Å². The van der Waals surface area contributed by atoms with E-state index in [2.05, 4.69) is 5.32 Å². The molecule has 1 rings (SSSR count). The number of hydrogen-bond acceptors (Lipinski definition) is 2. The first-order valence-corrected chi connectivity index (χ1v) is 4.78. The summed E-state index contributed by atoms with van der Waals surface area (Å²) in [6.45, 7) is 1.90. The number of amides is 1. The summed E-state index contributed by atoms with van der Waals surface area (Å²) in [7, 11) is 0. The minimum absolute atomic E-state index is 0.455. The molecule has 0 aliphatic heterocycles. The molecule has 76 valence electrons. The molecule has 0 atom stereocenters. The highest BCUT2D eigenvalue weighted by molar-refractivity contribution is 6.44. The normalized spacial score (nSPS) is 10.0. The van der Waals surface area contributed by atoms with Gasteiger partial charge in [0.1, 0.15) is 5.75 Å². The van der Waals surface area contributed by atoms with Gasteiger partial charge in [-0.2, -0.15) is 0 Å². The number of benzene rings is 1. The maximum absolute atomic E-state index is 11.0. The molecule has 0 unspecified atom stereocenters. The zero-order chi connectivity index (χ0) is 10.6. The van der Waals surface area contributed by atoms with Crippen LogP contribution in [0.3, 0.4) is 0 Å². The summed E-state index contributed by atoms with van der Waals surface area (Å²) in [4.78, 5) is 10.1. The maximum atomic E-state index is 11.0. The molecule has 1 N–H and O–H groups in total. The predicted molar refractivity (Wildman–Crippen MR) is 55.8 cm³/mol. The van der Waals surface area contributed by atoms with Crippen LogP contribution in [0.25, 0.3) is 0 Å². The second-order valence-electron chi connectivity index (χ2n) is 2.65. The minimum atomic E-state index is -0.965. The molecule has 5 heteroatoms. The second kappa shape index (κ2) is 5.08. The Morgan fingerprint density at radius 1 is 1.50 bits per heavy atom. The summed E-state index contributed by atoms with van der Waals surface area (Å²) in [5, 5.41) is 2.18. The summed E-state index contributed by atoms with van der Waals surface area (Å²) in [6.07, 6.45) is -0.675. The van der Waals surface area contributed by atoms with Crippen LogP contribution < -0.4 is 10.1 Å². The largest absolute Gasteiger partial charge is 0.414 e. The van der Waals surface area contributed by atoms with Crippen LogP contribution in [0.2, 0.25) is 0 Å². The quantitative estimate of drug-likeness (QED) is 0.631. The summed E-state index contributed by atoms with van der Waals surface area (Å²) < 4.78 is 4.89. The molecule has 0 aromatic heterocycles. The summed E-state index contributed by atoms with van der Waals surface area (Å²) >= 11 is 10.6. The number of carbonyl (C=O) groups excluding carboxylic acids is 1. The Labute approximate surface area is 92.0 Å². The van der Waals surface area contributed by atoms with Crippen molar-refractivity contribution in [2.45, 2.75) is 11.9 Å². The third-order valence-corrected chi connectivity index (χ3v) is 1.65. The molecule has 0 aliphatic carbocycles. The van der Waals surface area contributed by atoms with Crippen LogP contribution in [0, 0.1) is 6.92 Å². The number of nitrogens with one attached hydrogen (secondary N) is 1. The molecule has 0 radical (unpaired) electrons. The third kappa shape index (κ3) is 3.85. The fraction of sp³-hybridized carbons (Fsp3) is 0.222. The molecule has 0 aliphatic rings. The Kier molecular flexibility index (Phi) is 4.04. The molecule has 1 aromatic rings. The lowest BCUT2D eigenvalue weighted by Gasteiger charge is -2.06. The van der Waals surface area contributed by atoms with E-state index in [4.69, 9.17) is 27.9 Å². The van der Waals surface area contributed by atoms with Crippen molar-refractivity contribution in [2.75, 3.05) is 0 Å². The van der Waals surface area contributed by atoms with Crippen molar-refractivity contribution >= 4 is 29.3 Å². The van der Waals surface area contributed by atoms with Crippen LogP contribution in [0.5, 0.6) is 5.75 Å². The molecular formula is C9H9Cl2NO2. The van der Waals surface area contributed by atoms with E-state index in [-0.39, 0.29) is 0 Å². The average molecular weight is 234 g/mol. The van der Waals surface area contributed by atoms with Crippen molar-refractivity contribution < 1.29 is 9.53 Å². The van der Waals surface area contributed by atoms with Crippen molar-refractivity contribution in [3.63, 3.8) is 0 Å². The van der Waals surface area contributed by atoms with E-state index in [0.717, 1.165) is 5.56 Å². The summed E-state index contributed by atoms with van der Waals surface area (Å²) in [6, 6.07) is 7.09. The Morgan fingerprint density at radius 2 is 2.21 bits per heavy atom. The highest BCUT2D eigenvalue weighted by atomic mass is 35.5. The Balaban J connectivity index is 2.56. The lowest BCUT2D eigenvalue weighted by atomic mass is 10.2. The van der Waals surface area contributed by atoms with Gasteiger partial charge in [0, 0.05) is 0 Å². The molecule has 0 saturated heterocycles. The lowest BCUT2D eigenvalue weighted by Crippen LogP contribution is -2.29. The highest BCUT2D eigenvalue weighted by Gasteiger charge is 2.07. The summed E-state index contributed by atoms with van der Waals surface area (Å²) in [5.41, 5.74) is 1.00. The van der Waals surface area contributed by atoms with E-state index in [0.29, 0.717) is 5.75 Å². The maximum Gasteiger partial charge on any atom is 0.414 e. The standard InChI is InChI=1S/C9H9Cl2NO2/c1-6-3-2-4-7(5-6)14-9(13)12-8(10)11/h2-5,8H,1H3,(H,12,13). The number of hydrogen-bond donors (Lipinski definition) is 1. The fourth-order valence-corrected chi connectivity index (χ4v) is 1.08. The van der Waals surface area contributed by atoms with Crippen molar-refractivity contribution in [1.29, 1.82) is 0 Å². The molecule has 0 bridgehead atoms. The first-order chi connectivity index (χ1) is 6.58. The van der Waals surface area contributed by atoms with Crippen LogP contribution in [0.15, 0.2) is 24.3 Å². The molecule has 1 amide bonds. The number of aryl methyl sites for hydroxylation is 1. The SMILES string of the molecule is Cc1cccc(OC(=O)NC(Cl)Cl)c1. The van der Waals surface area contributed by atoms with Gasteiger partial charge in [-0.25, -0.2) is 4.79 Å². The molecule has 14 heavy (non-hydrogen) atoms. The van der Waals surface area contributed by atoms with Crippen LogP contribution in [0.1, 0.15) is 5.56 Å². The molecule has 3 nitrogen and oxygen atoms in total. The molecule has 0 saturated carbocycles. The Hall–Kier alpha value is -0.930. The highest BCUT2D eigenvalue weighted by Crippen LogP contribution is 2.12. The van der Waals surface area contributed by atoms with Gasteiger partial charge in [-0.15, -0.1) is 0 Å². The van der Waals surface area contributed by atoms with Crippen molar-refractivity contribution in [3.8, 4) is 5.75 Å². The molecular weight excluding hydrogens is 225 g/mol. The van der Waals surface area contributed by atoms with E-state index < -0.39 is 11.1 Å². The third-order valence-electron chi connectivity index (χ3n) is 1.43. The second-order valence-corrected chi connectivity index (χ2v) is 3.75. The average Bonchev–Trinajstić information content (AvgIpc) is 2.01. The van der Waals surface area contributed by atoms with E-state index in [1.54, 1.807) is 18.2 Å². The molecule has 0 fully saturated rings. The van der Waals surface area contributed by atoms with Crippen LogP contribution in [-0.4, -0.2) is 11.1 Å². The minimum Gasteiger partial charge on any atom is -0.410 e. The van der Waals surface area contributed by atoms with E-state index >= 15 is 0 Å². The van der Waals surface area contributed by atoms with Gasteiger partial charge in [0.05, 0.1) is 0 Å². The monoisotopic (exact) mass is 233 g/mol. The molecule has 0 spiro atoms. The van der Waals surface area contributed by atoms with Gasteiger partial charge >= 0.3 is 6.09 Å². The smallest absolute Gasteiger partial charge is 0.410 e. The molecule has 1 aromatic carbocycles. The van der Waals surface area contributed by atoms with E-state index in [9.17, 15) is 4.79 Å². The number of ether oxygens (including phenoxy) is 1. The summed E-state index contributed by atoms with van der Waals surface area (Å²) in [5.74, 6) is 0.455. The topological polar surface area (TPSA) is 38.3 Å². The van der Waals surface area contributed by atoms with Crippen LogP contribution in [0.4, 0.5) is 4.79 Å². The van der Waals surface area contributed by atoms with Crippen molar-refractivity contribution in [3.05, 3.63) is 29.8 Å². The fourth-order valence-electron chi connectivity index (χ4n) is 0.904. The van der Waals surface area contributed by atoms with Gasteiger partial charge < -0.3 is 4.74 Å². The predicted octanol–water partition coefficient (Wildman–Crippen LogP) is 2.84.